The normalized spacial score (nSPS) is 15.1. The Morgan fingerprint density at radius 2 is 1.60 bits per heavy atom. The fraction of sp³-hybridized carbons (Fsp3) is 0.154. The molecule has 178 valence electrons. The van der Waals surface area contributed by atoms with Gasteiger partial charge in [-0.2, -0.15) is 0 Å². The number of amides is 1. The highest BCUT2D eigenvalue weighted by atomic mass is 35.5. The van der Waals surface area contributed by atoms with E-state index in [1.165, 1.54) is 29.2 Å². The highest BCUT2D eigenvalue weighted by molar-refractivity contribution is 6.44. The van der Waals surface area contributed by atoms with E-state index in [-0.39, 0.29) is 35.2 Å². The summed E-state index contributed by atoms with van der Waals surface area (Å²) in [7, 11) is 0. The average Bonchev–Trinajstić information content (AvgIpc) is 3.26. The zero-order valence-electron chi connectivity index (χ0n) is 18.3. The molecule has 1 heterocycles. The van der Waals surface area contributed by atoms with Gasteiger partial charge in [0.2, 0.25) is 5.91 Å². The van der Waals surface area contributed by atoms with Gasteiger partial charge in [-0.05, 0) is 48.5 Å². The molecule has 0 saturated carbocycles. The van der Waals surface area contributed by atoms with Gasteiger partial charge in [0, 0.05) is 18.5 Å². The fourth-order valence-corrected chi connectivity index (χ4v) is 3.98. The lowest BCUT2D eigenvalue weighted by atomic mass is 10.1. The van der Waals surface area contributed by atoms with Gasteiger partial charge in [-0.3, -0.25) is 14.4 Å². The second-order valence-corrected chi connectivity index (χ2v) is 8.57. The van der Waals surface area contributed by atoms with Gasteiger partial charge in [0.15, 0.2) is 12.4 Å². The second kappa shape index (κ2) is 10.7. The van der Waals surface area contributed by atoms with Crippen molar-refractivity contribution in [3.63, 3.8) is 0 Å². The van der Waals surface area contributed by atoms with E-state index in [2.05, 4.69) is 0 Å². The lowest BCUT2D eigenvalue weighted by Gasteiger charge is -2.18. The zero-order valence-corrected chi connectivity index (χ0v) is 19.8. The third-order valence-corrected chi connectivity index (χ3v) is 6.23. The van der Waals surface area contributed by atoms with E-state index in [0.29, 0.717) is 16.3 Å². The molecular formula is C26H19Cl2NO6. The number of Topliss-reactive ketones (excluding diaryl/α,β-unsaturated/α-hetero) is 1. The standard InChI is InChI=1S/C26H19Cl2NO6/c27-20-7-4-8-21(24(20)28)29-14-18(13-23(29)31)25(32)34-15-22(30)16-9-11-19(12-10-16)35-26(33)17-5-2-1-3-6-17/h1-12,18H,13-15H2/t18-/m0/s1. The lowest BCUT2D eigenvalue weighted by Crippen LogP contribution is -2.27. The first-order chi connectivity index (χ1) is 16.8. The van der Waals surface area contributed by atoms with E-state index in [0.717, 1.165) is 0 Å². The van der Waals surface area contributed by atoms with E-state index in [1.54, 1.807) is 48.5 Å². The smallest absolute Gasteiger partial charge is 0.343 e. The monoisotopic (exact) mass is 511 g/mol. The first kappa shape index (κ1) is 24.4. The van der Waals surface area contributed by atoms with Crippen molar-refractivity contribution in [2.45, 2.75) is 6.42 Å². The predicted molar refractivity (Wildman–Crippen MR) is 130 cm³/mol. The number of halogens is 2. The number of carbonyl (C=O) groups excluding carboxylic acids is 4. The lowest BCUT2D eigenvalue weighted by molar-refractivity contribution is -0.147. The Balaban J connectivity index is 1.30. The zero-order chi connectivity index (χ0) is 24.9. The van der Waals surface area contributed by atoms with Crippen molar-refractivity contribution in [3.05, 3.63) is 94.0 Å². The van der Waals surface area contributed by atoms with E-state index in [4.69, 9.17) is 32.7 Å². The molecule has 35 heavy (non-hydrogen) atoms. The minimum Gasteiger partial charge on any atom is -0.457 e. The van der Waals surface area contributed by atoms with Crippen LogP contribution in [0.1, 0.15) is 27.1 Å². The molecule has 7 nitrogen and oxygen atoms in total. The van der Waals surface area contributed by atoms with Crippen molar-refractivity contribution in [3.8, 4) is 5.75 Å². The van der Waals surface area contributed by atoms with Gasteiger partial charge in [-0.25, -0.2) is 4.79 Å². The second-order valence-electron chi connectivity index (χ2n) is 7.79. The number of ether oxygens (including phenoxy) is 2. The molecule has 1 aliphatic heterocycles. The summed E-state index contributed by atoms with van der Waals surface area (Å²) in [5, 5.41) is 0.527. The maximum atomic E-state index is 12.5. The third kappa shape index (κ3) is 5.70. The van der Waals surface area contributed by atoms with Crippen molar-refractivity contribution in [2.24, 2.45) is 5.92 Å². The summed E-state index contributed by atoms with van der Waals surface area (Å²) in [6.07, 6.45) is -0.0582. The molecule has 3 aromatic rings. The molecule has 0 unspecified atom stereocenters. The Hall–Kier alpha value is -3.68. The van der Waals surface area contributed by atoms with Gasteiger partial charge >= 0.3 is 11.9 Å². The van der Waals surface area contributed by atoms with E-state index < -0.39 is 30.2 Å². The van der Waals surface area contributed by atoms with Crippen molar-refractivity contribution in [2.75, 3.05) is 18.1 Å². The van der Waals surface area contributed by atoms with E-state index >= 15 is 0 Å². The van der Waals surface area contributed by atoms with Crippen LogP contribution in [0.3, 0.4) is 0 Å². The minimum atomic E-state index is -0.731. The number of rotatable bonds is 7. The van der Waals surface area contributed by atoms with Crippen LogP contribution in [0, 0.1) is 5.92 Å². The van der Waals surface area contributed by atoms with E-state index in [9.17, 15) is 19.2 Å². The van der Waals surface area contributed by atoms with Crippen LogP contribution in [-0.2, 0) is 14.3 Å². The van der Waals surface area contributed by atoms with Crippen LogP contribution in [0.4, 0.5) is 5.69 Å². The SMILES string of the molecule is O=C(COC(=O)[C@H]1CC(=O)N(c2cccc(Cl)c2Cl)C1)c1ccc(OC(=O)c2ccccc2)cc1. The summed E-state index contributed by atoms with van der Waals surface area (Å²) < 4.78 is 10.5. The molecule has 0 spiro atoms. The summed E-state index contributed by atoms with van der Waals surface area (Å²) in [4.78, 5) is 50.9. The fourth-order valence-electron chi connectivity index (χ4n) is 3.59. The van der Waals surface area contributed by atoms with Gasteiger partial charge in [0.05, 0.1) is 27.2 Å². The Labute approximate surface area is 211 Å². The number of hydrogen-bond donors (Lipinski definition) is 0. The number of carbonyl (C=O) groups is 4. The van der Waals surface area contributed by atoms with Gasteiger partial charge in [-0.1, -0.05) is 47.5 Å². The van der Waals surface area contributed by atoms with Crippen molar-refractivity contribution >= 4 is 52.5 Å². The van der Waals surface area contributed by atoms with Gasteiger partial charge in [0.25, 0.3) is 0 Å². The third-order valence-electron chi connectivity index (χ3n) is 5.42. The molecule has 1 atom stereocenters. The molecule has 0 radical (unpaired) electrons. The van der Waals surface area contributed by atoms with Gasteiger partial charge in [0.1, 0.15) is 5.75 Å². The molecule has 3 aromatic carbocycles. The van der Waals surface area contributed by atoms with Crippen LogP contribution < -0.4 is 9.64 Å². The average molecular weight is 512 g/mol. The molecule has 4 rings (SSSR count). The van der Waals surface area contributed by atoms with Crippen LogP contribution in [-0.4, -0.2) is 36.8 Å². The number of nitrogens with zero attached hydrogens (tertiary/aromatic N) is 1. The molecule has 9 heteroatoms. The summed E-state index contributed by atoms with van der Waals surface area (Å²) >= 11 is 12.2. The number of ketones is 1. The molecule has 1 saturated heterocycles. The van der Waals surface area contributed by atoms with Crippen molar-refractivity contribution < 1.29 is 28.7 Å². The molecule has 0 aliphatic carbocycles. The van der Waals surface area contributed by atoms with Crippen LogP contribution in [0.2, 0.25) is 10.0 Å². The molecule has 1 aliphatic rings. The van der Waals surface area contributed by atoms with Crippen LogP contribution in [0.25, 0.3) is 0 Å². The Morgan fingerprint density at radius 3 is 2.31 bits per heavy atom. The van der Waals surface area contributed by atoms with E-state index in [1.807, 2.05) is 0 Å². The molecule has 0 aromatic heterocycles. The highest BCUT2D eigenvalue weighted by Gasteiger charge is 2.37. The van der Waals surface area contributed by atoms with Crippen molar-refractivity contribution in [1.29, 1.82) is 0 Å². The predicted octanol–water partition coefficient (Wildman–Crippen LogP) is 4.99. The number of benzene rings is 3. The summed E-state index contributed by atoms with van der Waals surface area (Å²) in [6.45, 7) is -0.405. The number of hydrogen-bond acceptors (Lipinski definition) is 6. The molecule has 0 bridgehead atoms. The molecule has 1 fully saturated rings. The Bertz CT molecular complexity index is 1280. The van der Waals surface area contributed by atoms with Crippen LogP contribution >= 0.6 is 23.2 Å². The quantitative estimate of drug-likeness (QED) is 0.252. The first-order valence-electron chi connectivity index (χ1n) is 10.6. The maximum absolute atomic E-state index is 12.5. The Morgan fingerprint density at radius 1 is 0.886 bits per heavy atom. The Kier molecular flexibility index (Phi) is 7.48. The van der Waals surface area contributed by atoms with Gasteiger partial charge < -0.3 is 14.4 Å². The van der Waals surface area contributed by atoms with Gasteiger partial charge in [-0.15, -0.1) is 0 Å². The highest BCUT2D eigenvalue weighted by Crippen LogP contribution is 2.35. The molecule has 1 amide bonds. The van der Waals surface area contributed by atoms with Crippen LogP contribution in [0.15, 0.2) is 72.8 Å². The summed E-state index contributed by atoms with van der Waals surface area (Å²) in [5.41, 5.74) is 1.11. The maximum Gasteiger partial charge on any atom is 0.343 e. The minimum absolute atomic E-state index is 0.0582. The largest absolute Gasteiger partial charge is 0.457 e. The van der Waals surface area contributed by atoms with Crippen LogP contribution in [0.5, 0.6) is 5.75 Å². The first-order valence-corrected chi connectivity index (χ1v) is 11.4. The van der Waals surface area contributed by atoms with Crippen molar-refractivity contribution in [1.82, 2.24) is 0 Å². The summed E-state index contributed by atoms with van der Waals surface area (Å²) in [5.74, 6) is -2.35. The molecule has 0 N–H and O–H groups in total. The number of esters is 2. The topological polar surface area (TPSA) is 90.0 Å². The number of anilines is 1. The molecular weight excluding hydrogens is 493 g/mol. The summed E-state index contributed by atoms with van der Waals surface area (Å²) in [6, 6.07) is 19.3.